The summed E-state index contributed by atoms with van der Waals surface area (Å²) in [5.74, 6) is 7.02. The van der Waals surface area contributed by atoms with Gasteiger partial charge in [0.25, 0.3) is 37.3 Å². The van der Waals surface area contributed by atoms with Crippen molar-refractivity contribution in [2.24, 2.45) is 0 Å². The monoisotopic (exact) mass is 1910 g/mol. The van der Waals surface area contributed by atoms with Gasteiger partial charge in [0.15, 0.2) is 0 Å². The fourth-order valence-electron chi connectivity index (χ4n) is 14.8. The number of piperazine rings is 2. The molecule has 7 N–H and O–H groups in total. The molecule has 2 saturated heterocycles. The van der Waals surface area contributed by atoms with Crippen molar-refractivity contribution in [3.63, 3.8) is 0 Å². The molecule has 2 aliphatic heterocycles. The van der Waals surface area contributed by atoms with Gasteiger partial charge in [-0.25, -0.2) is 21.2 Å². The average molecular weight is 1920 g/mol. The number of halogens is 6. The van der Waals surface area contributed by atoms with Gasteiger partial charge >= 0.3 is 0 Å². The van der Waals surface area contributed by atoms with Crippen molar-refractivity contribution in [3.8, 4) is 45.4 Å². The second-order valence-electron chi connectivity index (χ2n) is 30.7. The van der Waals surface area contributed by atoms with Crippen molar-refractivity contribution in [2.45, 2.75) is 70.9 Å². The van der Waals surface area contributed by atoms with Crippen LogP contribution in [0.15, 0.2) is 262 Å². The minimum Gasteiger partial charge on any atom is -0.395 e. The molecule has 680 valence electrons. The van der Waals surface area contributed by atoms with E-state index in [0.717, 1.165) is 123 Å². The third-order valence-electron chi connectivity index (χ3n) is 21.5. The van der Waals surface area contributed by atoms with E-state index in [9.17, 15) is 51.4 Å². The van der Waals surface area contributed by atoms with E-state index < -0.39 is 35.7 Å². The minimum absolute atomic E-state index is 0. The first-order valence-electron chi connectivity index (χ1n) is 41.1. The quantitative estimate of drug-likeness (QED) is 0.00626. The van der Waals surface area contributed by atoms with Gasteiger partial charge in [-0.15, -0.1) is 73.2 Å². The van der Waals surface area contributed by atoms with Crippen LogP contribution in [0, 0.1) is 44.8 Å². The number of nitro benzene ring substituents is 2. The number of aliphatic hydroxyl groups excluding tert-OH is 1. The van der Waals surface area contributed by atoms with Crippen LogP contribution in [-0.2, 0) is 33.1 Å². The Morgan fingerprint density at radius 2 is 1.10 bits per heavy atom. The molecule has 0 aliphatic carbocycles. The maximum Gasteiger partial charge on any atom is 0.293 e. The number of rotatable bonds is 37. The molecule has 1 aromatic heterocycles. The van der Waals surface area contributed by atoms with Crippen LogP contribution in [0.1, 0.15) is 52.0 Å². The molecule has 0 unspecified atom stereocenters. The van der Waals surface area contributed by atoms with Crippen LogP contribution in [0.5, 0.6) is 0 Å². The topological polar surface area (TPSA) is 285 Å². The summed E-state index contributed by atoms with van der Waals surface area (Å²) in [5, 5.41) is 48.2. The molecular weight excluding hydrogens is 1810 g/mol. The second kappa shape index (κ2) is 50.3. The number of amides is 1. The Bertz CT molecular complexity index is 5750. The molecule has 0 spiro atoms. The number of benzene rings is 10. The predicted octanol–water partition coefficient (Wildman–Crippen LogP) is 18.2. The Morgan fingerprint density at radius 1 is 0.578 bits per heavy atom. The first-order chi connectivity index (χ1) is 59.9. The van der Waals surface area contributed by atoms with Crippen molar-refractivity contribution in [1.82, 2.24) is 34.8 Å². The number of aliphatic hydroxyl groups is 1. The zero-order valence-corrected chi connectivity index (χ0v) is 78.9. The van der Waals surface area contributed by atoms with Crippen molar-refractivity contribution in [3.05, 3.63) is 302 Å². The van der Waals surface area contributed by atoms with E-state index in [-0.39, 0.29) is 119 Å². The third-order valence-corrected chi connectivity index (χ3v) is 26.9. The summed E-state index contributed by atoms with van der Waals surface area (Å²) in [4.78, 5) is 50.8. The highest BCUT2D eigenvalue weighted by Crippen LogP contribution is 2.41. The maximum atomic E-state index is 14.2. The number of nitrogens with one attached hydrogen (secondary N) is 6. The number of hydrogen-bond acceptors (Lipinski definition) is 20. The number of hydrogen-bond donors (Lipinski definition) is 7. The van der Waals surface area contributed by atoms with Gasteiger partial charge in [-0.3, -0.25) is 39.4 Å². The highest BCUT2D eigenvalue weighted by atomic mass is 35.5. The lowest BCUT2D eigenvalue weighted by Gasteiger charge is -2.36. The molecule has 0 bridgehead atoms. The van der Waals surface area contributed by atoms with Gasteiger partial charge in [0.05, 0.1) is 37.5 Å². The van der Waals surface area contributed by atoms with Crippen LogP contribution < -0.4 is 35.6 Å². The van der Waals surface area contributed by atoms with Gasteiger partial charge < -0.3 is 50.5 Å². The molecule has 2 aliphatic rings. The second-order valence-corrected chi connectivity index (χ2v) is 36.7. The standard InChI is InChI=1S/C53H59FN8O6S2.C41H45ClN6O4S2.4ClH/c1-38-50(53(64)56-26-8-28-60-31-29-59(3)30-32-60)51(52(61(38)33-34-63)41-17-19-43(54)20-18-41)42-10-7-9-40(35-42)14-13-39-15-21-44(22-16-39)58-70(67,68)47-23-24-48(49(36-47)62(65)66)57-45(25-27-55-2)37-69-46-11-5-4-6-12-46;1-45(2)23-22-35(30-53-37-9-4-3-5-10-37)43-40-21-20-38(28-41(40)48(49)50)54(51,52)44-34-16-18-36(19-17-34)47-26-24-46(25-27-47)29-32-8-6-7-11-39(32)31-12-14-33(42)15-13-31;;;;/h4-7,9-12,15-24,35-36,45,55,57-58,63H,8,25-34,37H2,1-3H3,(H,56,64);3-21,28,35,43-44H,22-27,29-30H2,1-2H3;4*1H/t45-;35-;;;;/m11..../s1. The number of thioether (sulfide) groups is 2. The number of sulfonamides is 2. The third kappa shape index (κ3) is 29.3. The predicted molar refractivity (Wildman–Crippen MR) is 529 cm³/mol. The number of carbonyl (C=O) groups excluding carboxylic acids is 1. The molecule has 24 nitrogen and oxygen atoms in total. The average Bonchev–Trinajstić information content (AvgIpc) is 1.60. The normalized spacial score (nSPS) is 13.4. The molecule has 11 aromatic rings. The Morgan fingerprint density at radius 3 is 1.65 bits per heavy atom. The number of carbonyl (C=O) groups is 1. The Kier molecular flexibility index (Phi) is 40.6. The van der Waals surface area contributed by atoms with Crippen molar-refractivity contribution < 1.29 is 41.0 Å². The zero-order valence-electron chi connectivity index (χ0n) is 71.6. The number of nitro groups is 2. The SMILES string of the molecule is CN(C)CC[C@H](CSc1ccccc1)Nc1ccc(S(=O)(=O)Nc2ccc(N3CCN(Cc4ccccc4-c4ccc(Cl)cc4)CC3)cc2)cc1[N+](=O)[O-].CNCC[C@H](CSc1ccccc1)Nc1ccc(S(=O)(=O)Nc2ccc(C#Cc3cccc(-c4c(C(=O)NCCCN5CCN(C)CC5)c(C)n(CCO)c4-c4ccc(F)cc4)c3)cc2)cc1[N+](=O)[O-].Cl.Cl.Cl.Cl. The van der Waals surface area contributed by atoms with Crippen LogP contribution in [-0.4, -0.2) is 199 Å². The molecule has 3 heterocycles. The fourth-order valence-corrected chi connectivity index (χ4v) is 19.1. The minimum atomic E-state index is -4.23. The van der Waals surface area contributed by atoms with Crippen molar-refractivity contribution in [2.75, 3.05) is 150 Å². The summed E-state index contributed by atoms with van der Waals surface area (Å²) in [6, 6.07) is 71.2. The van der Waals surface area contributed by atoms with Gasteiger partial charge in [-0.1, -0.05) is 108 Å². The number of aromatic nitrogens is 1. The summed E-state index contributed by atoms with van der Waals surface area (Å²) >= 11 is 9.42. The Balaban J connectivity index is 0.000000316. The molecule has 2 atom stereocenters. The van der Waals surface area contributed by atoms with Crippen LogP contribution >= 0.6 is 84.8 Å². The molecular formula is C94H108Cl5FN14O10S4. The van der Waals surface area contributed by atoms with Gasteiger partial charge in [-0.05, 0) is 247 Å². The molecule has 0 radical (unpaired) electrons. The first kappa shape index (κ1) is 103. The number of anilines is 5. The molecule has 13 rings (SSSR count). The zero-order chi connectivity index (χ0) is 87.7. The van der Waals surface area contributed by atoms with E-state index in [4.69, 9.17) is 11.6 Å². The van der Waals surface area contributed by atoms with Gasteiger partial charge in [0.1, 0.15) is 17.2 Å². The van der Waals surface area contributed by atoms with Crippen LogP contribution in [0.3, 0.4) is 0 Å². The van der Waals surface area contributed by atoms with Gasteiger partial charge in [0, 0.05) is 162 Å². The van der Waals surface area contributed by atoms with Gasteiger partial charge in [-0.2, -0.15) is 0 Å². The van der Waals surface area contributed by atoms with E-state index in [0.29, 0.717) is 81.5 Å². The molecule has 0 saturated carbocycles. The highest BCUT2D eigenvalue weighted by Gasteiger charge is 2.30. The van der Waals surface area contributed by atoms with Crippen LogP contribution in [0.2, 0.25) is 5.02 Å². The molecule has 34 heteroatoms. The lowest BCUT2D eigenvalue weighted by atomic mass is 9.95. The number of likely N-dealkylation sites (N-methyl/N-ethyl adjacent to an activating group) is 1. The summed E-state index contributed by atoms with van der Waals surface area (Å²) in [6.07, 6.45) is 2.21. The molecule has 2 fully saturated rings. The Hall–Kier alpha value is -9.95. The fraction of sp³-hybridized carbons (Fsp3) is 0.287. The number of nitrogens with zero attached hydrogens (tertiary/aromatic N) is 8. The summed E-state index contributed by atoms with van der Waals surface area (Å²) in [6.45, 7) is 13.0. The van der Waals surface area contributed by atoms with Crippen LogP contribution in [0.25, 0.3) is 33.5 Å². The van der Waals surface area contributed by atoms with E-state index >= 15 is 0 Å². The van der Waals surface area contributed by atoms with E-state index in [2.05, 4.69) is 110 Å². The van der Waals surface area contributed by atoms with E-state index in [1.165, 1.54) is 47.5 Å². The van der Waals surface area contributed by atoms with Crippen molar-refractivity contribution in [1.29, 1.82) is 0 Å². The van der Waals surface area contributed by atoms with E-state index in [1.54, 1.807) is 72.1 Å². The van der Waals surface area contributed by atoms with Crippen LogP contribution in [0.4, 0.5) is 44.2 Å². The maximum absolute atomic E-state index is 14.2. The molecule has 1 amide bonds. The molecule has 128 heavy (non-hydrogen) atoms. The smallest absolute Gasteiger partial charge is 0.293 e. The lowest BCUT2D eigenvalue weighted by Crippen LogP contribution is -2.46. The summed E-state index contributed by atoms with van der Waals surface area (Å²) in [5.41, 5.74) is 10.1. The van der Waals surface area contributed by atoms with Gasteiger partial charge in [0.2, 0.25) is 0 Å². The summed E-state index contributed by atoms with van der Waals surface area (Å²) < 4.78 is 75.4. The lowest BCUT2D eigenvalue weighted by molar-refractivity contribution is -0.384. The van der Waals surface area contributed by atoms with Crippen molar-refractivity contribution >= 4 is 151 Å². The Labute approximate surface area is 788 Å². The first-order valence-corrected chi connectivity index (χ1v) is 46.4. The molecule has 10 aromatic carbocycles. The largest absolute Gasteiger partial charge is 0.395 e. The highest BCUT2D eigenvalue weighted by molar-refractivity contribution is 7.99. The summed E-state index contributed by atoms with van der Waals surface area (Å²) in [7, 11) is -0.405. The van der Waals surface area contributed by atoms with E-state index in [1.807, 2.05) is 142 Å².